The Morgan fingerprint density at radius 1 is 0.556 bits per heavy atom. The van der Waals surface area contributed by atoms with Gasteiger partial charge in [0.1, 0.15) is 0 Å². The Morgan fingerprint density at radius 2 is 1.07 bits per heavy atom. The van der Waals surface area contributed by atoms with Gasteiger partial charge in [-0.15, -0.1) is 0 Å². The Hall–Kier alpha value is -2.90. The van der Waals surface area contributed by atoms with Crippen molar-refractivity contribution in [1.82, 2.24) is 0 Å². The van der Waals surface area contributed by atoms with Crippen LogP contribution in [0.5, 0.6) is 0 Å². The van der Waals surface area contributed by atoms with Gasteiger partial charge in [0.2, 0.25) is 0 Å². The van der Waals surface area contributed by atoms with Crippen LogP contribution in [0, 0.1) is 0 Å². The van der Waals surface area contributed by atoms with Crippen molar-refractivity contribution in [3.05, 3.63) is 130 Å². The summed E-state index contributed by atoms with van der Waals surface area (Å²) in [5.41, 5.74) is 7.20. The molecule has 0 bridgehead atoms. The summed E-state index contributed by atoms with van der Waals surface area (Å²) in [6, 6.07) is 38.0. The largest absolute Gasteiger partial charge is 0.0622 e. The Kier molecular flexibility index (Phi) is 5.32. The van der Waals surface area contributed by atoms with Crippen molar-refractivity contribution in [2.24, 2.45) is 0 Å². The van der Waals surface area contributed by atoms with Crippen LogP contribution in [0.4, 0.5) is 0 Å². The highest BCUT2D eigenvalue weighted by atomic mass is 79.9. The normalized spacial score (nSPS) is 10.4. The van der Waals surface area contributed by atoms with E-state index in [1.807, 2.05) is 6.07 Å². The summed E-state index contributed by atoms with van der Waals surface area (Å²) in [5, 5.41) is 0. The Morgan fingerprint density at radius 3 is 1.63 bits per heavy atom. The quantitative estimate of drug-likeness (QED) is 0.302. The first-order valence-corrected chi connectivity index (χ1v) is 9.79. The average molecular weight is 411 g/mol. The van der Waals surface area contributed by atoms with Crippen LogP contribution in [-0.2, 0) is 0 Å². The minimum absolute atomic E-state index is 1.11. The Bertz CT molecular complexity index is 1010. The summed E-state index contributed by atoms with van der Waals surface area (Å²) in [4.78, 5) is 0. The van der Waals surface area contributed by atoms with Crippen LogP contribution >= 0.6 is 15.9 Å². The van der Waals surface area contributed by atoms with E-state index in [9.17, 15) is 0 Å². The van der Waals surface area contributed by atoms with Crippen LogP contribution in [0.2, 0.25) is 0 Å². The summed E-state index contributed by atoms with van der Waals surface area (Å²) < 4.78 is 1.11. The first-order chi connectivity index (χ1) is 13.3. The average Bonchev–Trinajstić information content (AvgIpc) is 2.75. The predicted molar refractivity (Wildman–Crippen MR) is 119 cm³/mol. The number of hydrogen-bond acceptors (Lipinski definition) is 0. The summed E-state index contributed by atoms with van der Waals surface area (Å²) in [6.07, 6.45) is 2.27. The third kappa shape index (κ3) is 3.94. The molecule has 4 rings (SSSR count). The molecule has 0 fully saturated rings. The molecular weight excluding hydrogens is 392 g/mol. The summed E-state index contributed by atoms with van der Waals surface area (Å²) >= 11 is 3.85. The van der Waals surface area contributed by atoms with Crippen molar-refractivity contribution in [3.63, 3.8) is 0 Å². The molecular formula is C26H19Br. The lowest BCUT2D eigenvalue weighted by atomic mass is 9.94. The first-order valence-electron chi connectivity index (χ1n) is 8.99. The van der Waals surface area contributed by atoms with Crippen LogP contribution < -0.4 is 0 Å². The molecule has 27 heavy (non-hydrogen) atoms. The van der Waals surface area contributed by atoms with Crippen molar-refractivity contribution >= 4 is 27.6 Å². The number of benzene rings is 4. The van der Waals surface area contributed by atoms with Gasteiger partial charge in [-0.05, 0) is 55.4 Å². The SMILES string of the molecule is Brc1c(C=C(c2ccccc2)c2ccccc2)cccc1-c1ccccc1. The number of halogens is 1. The van der Waals surface area contributed by atoms with Crippen LogP contribution in [0.15, 0.2) is 114 Å². The molecule has 0 amide bonds. The highest BCUT2D eigenvalue weighted by Gasteiger charge is 2.09. The lowest BCUT2D eigenvalue weighted by Gasteiger charge is -2.12. The van der Waals surface area contributed by atoms with Crippen molar-refractivity contribution in [3.8, 4) is 11.1 Å². The van der Waals surface area contributed by atoms with E-state index in [4.69, 9.17) is 0 Å². The molecule has 0 saturated heterocycles. The van der Waals surface area contributed by atoms with Gasteiger partial charge in [-0.3, -0.25) is 0 Å². The van der Waals surface area contributed by atoms with Gasteiger partial charge in [0.05, 0.1) is 0 Å². The molecule has 0 aliphatic carbocycles. The molecule has 130 valence electrons. The zero-order valence-corrected chi connectivity index (χ0v) is 16.4. The minimum atomic E-state index is 1.11. The standard InChI is InChI=1S/C26H19Br/c27-26-23(17-10-18-24(26)20-11-4-1-5-12-20)19-25(21-13-6-2-7-14-21)22-15-8-3-9-16-22/h1-19H. The van der Waals surface area contributed by atoms with Crippen LogP contribution in [0.3, 0.4) is 0 Å². The van der Waals surface area contributed by atoms with Crippen molar-refractivity contribution in [1.29, 1.82) is 0 Å². The van der Waals surface area contributed by atoms with Crippen LogP contribution in [-0.4, -0.2) is 0 Å². The van der Waals surface area contributed by atoms with Gasteiger partial charge in [-0.2, -0.15) is 0 Å². The third-order valence-electron chi connectivity index (χ3n) is 4.58. The van der Waals surface area contributed by atoms with Gasteiger partial charge in [0.25, 0.3) is 0 Å². The van der Waals surface area contributed by atoms with Crippen LogP contribution in [0.25, 0.3) is 22.8 Å². The predicted octanol–water partition coefficient (Wildman–Crippen LogP) is 7.71. The second-order valence-electron chi connectivity index (χ2n) is 6.36. The minimum Gasteiger partial charge on any atom is -0.0622 e. The fraction of sp³-hybridized carbons (Fsp3) is 0. The molecule has 0 aromatic heterocycles. The molecule has 0 radical (unpaired) electrons. The van der Waals surface area contributed by atoms with E-state index < -0.39 is 0 Å². The second kappa shape index (κ2) is 8.20. The second-order valence-corrected chi connectivity index (χ2v) is 7.16. The van der Waals surface area contributed by atoms with Crippen molar-refractivity contribution in [2.45, 2.75) is 0 Å². The van der Waals surface area contributed by atoms with Gasteiger partial charge < -0.3 is 0 Å². The van der Waals surface area contributed by atoms with Gasteiger partial charge in [0, 0.05) is 4.47 Å². The molecule has 0 nitrogen and oxygen atoms in total. The Balaban J connectivity index is 1.87. The number of hydrogen-bond donors (Lipinski definition) is 0. The molecule has 0 N–H and O–H groups in total. The maximum Gasteiger partial charge on any atom is 0.0326 e. The molecule has 0 heterocycles. The highest BCUT2D eigenvalue weighted by molar-refractivity contribution is 9.10. The fourth-order valence-electron chi connectivity index (χ4n) is 3.23. The van der Waals surface area contributed by atoms with E-state index in [1.54, 1.807) is 0 Å². The molecule has 0 spiro atoms. The van der Waals surface area contributed by atoms with E-state index in [1.165, 1.54) is 33.4 Å². The van der Waals surface area contributed by atoms with E-state index in [2.05, 4.69) is 125 Å². The molecule has 0 aliphatic heterocycles. The van der Waals surface area contributed by atoms with Gasteiger partial charge >= 0.3 is 0 Å². The fourth-order valence-corrected chi connectivity index (χ4v) is 3.83. The van der Waals surface area contributed by atoms with Crippen molar-refractivity contribution in [2.75, 3.05) is 0 Å². The zero-order valence-electron chi connectivity index (χ0n) is 14.8. The van der Waals surface area contributed by atoms with Crippen LogP contribution in [0.1, 0.15) is 16.7 Å². The van der Waals surface area contributed by atoms with E-state index in [-0.39, 0.29) is 0 Å². The summed E-state index contributed by atoms with van der Waals surface area (Å²) in [5.74, 6) is 0. The highest BCUT2D eigenvalue weighted by Crippen LogP contribution is 2.34. The smallest absolute Gasteiger partial charge is 0.0326 e. The molecule has 0 aliphatic rings. The monoisotopic (exact) mass is 410 g/mol. The molecule has 4 aromatic carbocycles. The maximum absolute atomic E-state index is 3.85. The first kappa shape index (κ1) is 17.5. The topological polar surface area (TPSA) is 0 Å². The molecule has 0 unspecified atom stereocenters. The lowest BCUT2D eigenvalue weighted by Crippen LogP contribution is -1.89. The van der Waals surface area contributed by atoms with Gasteiger partial charge in [-0.1, -0.05) is 109 Å². The molecule has 1 heteroatoms. The lowest BCUT2D eigenvalue weighted by molar-refractivity contribution is 1.53. The van der Waals surface area contributed by atoms with Gasteiger partial charge in [-0.25, -0.2) is 0 Å². The number of rotatable bonds is 4. The maximum atomic E-state index is 3.85. The van der Waals surface area contributed by atoms with Crippen molar-refractivity contribution < 1.29 is 0 Å². The zero-order chi connectivity index (χ0) is 18.5. The van der Waals surface area contributed by atoms with E-state index in [0.29, 0.717) is 0 Å². The summed E-state index contributed by atoms with van der Waals surface area (Å²) in [7, 11) is 0. The molecule has 0 saturated carbocycles. The third-order valence-corrected chi connectivity index (χ3v) is 5.47. The van der Waals surface area contributed by atoms with E-state index in [0.717, 1.165) is 4.47 Å². The molecule has 0 atom stereocenters. The molecule has 4 aromatic rings. The van der Waals surface area contributed by atoms with Gasteiger partial charge in [0.15, 0.2) is 0 Å². The van der Waals surface area contributed by atoms with E-state index >= 15 is 0 Å². The Labute approximate surface area is 169 Å². The summed E-state index contributed by atoms with van der Waals surface area (Å²) in [6.45, 7) is 0.